The number of carbonyl (C=O) groups is 2. The molecule has 1 amide bonds. The summed E-state index contributed by atoms with van der Waals surface area (Å²) >= 11 is 0. The summed E-state index contributed by atoms with van der Waals surface area (Å²) in [5, 5.41) is 14.9. The zero-order chi connectivity index (χ0) is 10.8. The predicted octanol–water partition coefficient (Wildman–Crippen LogP) is -1.08. The first-order chi connectivity index (χ1) is 7.18. The van der Waals surface area contributed by atoms with Crippen LogP contribution in [0.3, 0.4) is 0 Å². The molecule has 1 aliphatic heterocycles. The molecule has 0 bridgehead atoms. The van der Waals surface area contributed by atoms with Crippen molar-refractivity contribution in [2.45, 2.75) is 0 Å². The Hall–Kier alpha value is -2.18. The van der Waals surface area contributed by atoms with E-state index in [1.165, 1.54) is 10.9 Å². The van der Waals surface area contributed by atoms with E-state index in [0.29, 0.717) is 0 Å². The molecule has 78 valence electrons. The van der Waals surface area contributed by atoms with E-state index in [1.807, 2.05) is 0 Å². The second kappa shape index (κ2) is 3.52. The molecule has 0 fully saturated rings. The number of nitrogens with zero attached hydrogens (tertiary/aromatic N) is 3. The lowest BCUT2D eigenvalue weighted by molar-refractivity contribution is -0.146. The predicted molar refractivity (Wildman–Crippen MR) is 49.2 cm³/mol. The molecule has 0 spiro atoms. The van der Waals surface area contributed by atoms with Gasteiger partial charge in [-0.05, 0) is 6.07 Å². The van der Waals surface area contributed by atoms with E-state index in [9.17, 15) is 9.59 Å². The summed E-state index contributed by atoms with van der Waals surface area (Å²) in [5.41, 5.74) is 0. The molecule has 1 aromatic heterocycles. The summed E-state index contributed by atoms with van der Waals surface area (Å²) in [4.78, 5) is 25.9. The van der Waals surface area contributed by atoms with E-state index in [0.717, 1.165) is 0 Å². The molecule has 0 aliphatic carbocycles. The van der Waals surface area contributed by atoms with Gasteiger partial charge in [0.05, 0.1) is 6.54 Å². The zero-order valence-electron chi connectivity index (χ0n) is 7.62. The van der Waals surface area contributed by atoms with Gasteiger partial charge in [0, 0.05) is 12.4 Å². The summed E-state index contributed by atoms with van der Waals surface area (Å²) in [5.74, 6) is -2.59. The van der Waals surface area contributed by atoms with Crippen LogP contribution in [0.1, 0.15) is 0 Å². The van der Waals surface area contributed by atoms with Gasteiger partial charge in [0.25, 0.3) is 0 Å². The molecular formula is C8H8N4O3. The fraction of sp³-hybridized carbons (Fsp3) is 0.250. The average Bonchev–Trinajstić information content (AvgIpc) is 2.69. The lowest BCUT2D eigenvalue weighted by Gasteiger charge is -2.17. The fourth-order valence-electron chi connectivity index (χ4n) is 1.21. The molecule has 1 atom stereocenters. The zero-order valence-corrected chi connectivity index (χ0v) is 7.62. The minimum atomic E-state index is -1.17. The Labute approximate surface area is 84.4 Å². The van der Waals surface area contributed by atoms with Crippen molar-refractivity contribution < 1.29 is 14.7 Å². The Morgan fingerprint density at radius 1 is 1.67 bits per heavy atom. The van der Waals surface area contributed by atoms with Crippen molar-refractivity contribution in [3.05, 3.63) is 18.5 Å². The van der Waals surface area contributed by atoms with E-state index in [4.69, 9.17) is 5.11 Å². The third kappa shape index (κ3) is 1.71. The van der Waals surface area contributed by atoms with Gasteiger partial charge in [-0.15, -0.1) is 0 Å². The number of carboxylic acid groups (broad SMARTS) is 1. The lowest BCUT2D eigenvalue weighted by Crippen LogP contribution is -2.47. The number of hydrogen-bond donors (Lipinski definition) is 2. The van der Waals surface area contributed by atoms with Crippen LogP contribution < -0.4 is 5.32 Å². The van der Waals surface area contributed by atoms with Crippen LogP contribution in [0.15, 0.2) is 23.5 Å². The monoisotopic (exact) mass is 208 g/mol. The van der Waals surface area contributed by atoms with Crippen LogP contribution in [0.4, 0.5) is 0 Å². The van der Waals surface area contributed by atoms with Gasteiger partial charge in [0.2, 0.25) is 11.9 Å². The molecule has 0 saturated carbocycles. The minimum absolute atomic E-state index is 0.0592. The molecule has 7 nitrogen and oxygen atoms in total. The van der Waals surface area contributed by atoms with Crippen LogP contribution in [-0.4, -0.2) is 39.3 Å². The second-order valence-corrected chi connectivity index (χ2v) is 3.00. The SMILES string of the molecule is O=C(O)C1CN=C(n2cccn2)NC1=O. The van der Waals surface area contributed by atoms with Gasteiger partial charge in [0.15, 0.2) is 5.92 Å². The molecule has 0 radical (unpaired) electrons. The van der Waals surface area contributed by atoms with Crippen LogP contribution in [-0.2, 0) is 9.59 Å². The number of aliphatic imine (C=N–C) groups is 1. The number of carbonyl (C=O) groups excluding carboxylic acids is 1. The number of hydrogen-bond acceptors (Lipinski definition) is 4. The first kappa shape index (κ1) is 9.38. The first-order valence-electron chi connectivity index (χ1n) is 4.26. The van der Waals surface area contributed by atoms with Gasteiger partial charge in [-0.25, -0.2) is 9.67 Å². The maximum absolute atomic E-state index is 11.3. The van der Waals surface area contributed by atoms with Crippen LogP contribution in [0.25, 0.3) is 0 Å². The van der Waals surface area contributed by atoms with E-state index >= 15 is 0 Å². The highest BCUT2D eigenvalue weighted by molar-refractivity contribution is 6.07. The number of aromatic nitrogens is 2. The van der Waals surface area contributed by atoms with Crippen LogP contribution >= 0.6 is 0 Å². The molecular weight excluding hydrogens is 200 g/mol. The highest BCUT2D eigenvalue weighted by atomic mass is 16.4. The molecule has 0 aromatic carbocycles. The summed E-state index contributed by atoms with van der Waals surface area (Å²) in [6.45, 7) is -0.0592. The van der Waals surface area contributed by atoms with Crippen LogP contribution in [0.5, 0.6) is 0 Å². The van der Waals surface area contributed by atoms with E-state index in [2.05, 4.69) is 15.4 Å². The number of aliphatic carboxylic acids is 1. The Balaban J connectivity index is 2.20. The maximum atomic E-state index is 11.3. The standard InChI is InChI=1S/C8H8N4O3/c13-6-5(7(14)15)4-9-8(11-6)12-3-1-2-10-12/h1-3,5H,4H2,(H,14,15)(H,9,11,13). The number of rotatable bonds is 1. The highest BCUT2D eigenvalue weighted by Gasteiger charge is 2.30. The third-order valence-electron chi connectivity index (χ3n) is 1.99. The minimum Gasteiger partial charge on any atom is -0.481 e. The number of nitrogens with one attached hydrogen (secondary N) is 1. The largest absolute Gasteiger partial charge is 0.481 e. The van der Waals surface area contributed by atoms with Crippen molar-refractivity contribution in [3.63, 3.8) is 0 Å². The molecule has 1 unspecified atom stereocenters. The Morgan fingerprint density at radius 3 is 3.00 bits per heavy atom. The molecule has 2 rings (SSSR count). The first-order valence-corrected chi connectivity index (χ1v) is 4.26. The molecule has 7 heteroatoms. The molecule has 0 saturated heterocycles. The molecule has 15 heavy (non-hydrogen) atoms. The summed E-state index contributed by atoms with van der Waals surface area (Å²) < 4.78 is 1.37. The van der Waals surface area contributed by atoms with E-state index < -0.39 is 17.8 Å². The Bertz CT molecular complexity index is 423. The normalized spacial score (nSPS) is 20.7. The van der Waals surface area contributed by atoms with Crippen LogP contribution in [0, 0.1) is 5.92 Å². The number of amides is 1. The smallest absolute Gasteiger partial charge is 0.317 e. The van der Waals surface area contributed by atoms with Gasteiger partial charge in [-0.1, -0.05) is 0 Å². The fourth-order valence-corrected chi connectivity index (χ4v) is 1.21. The molecule has 1 aromatic rings. The van der Waals surface area contributed by atoms with Crippen molar-refractivity contribution in [1.82, 2.24) is 15.1 Å². The van der Waals surface area contributed by atoms with Gasteiger partial charge in [-0.3, -0.25) is 14.9 Å². The summed E-state index contributed by atoms with van der Waals surface area (Å²) in [7, 11) is 0. The quantitative estimate of drug-likeness (QED) is 0.573. The van der Waals surface area contributed by atoms with Crippen molar-refractivity contribution in [2.75, 3.05) is 6.54 Å². The maximum Gasteiger partial charge on any atom is 0.317 e. The summed E-state index contributed by atoms with van der Waals surface area (Å²) in [6, 6.07) is 1.68. The topological polar surface area (TPSA) is 96.6 Å². The average molecular weight is 208 g/mol. The van der Waals surface area contributed by atoms with E-state index in [1.54, 1.807) is 12.3 Å². The molecule has 2 N–H and O–H groups in total. The highest BCUT2D eigenvalue weighted by Crippen LogP contribution is 2.04. The second-order valence-electron chi connectivity index (χ2n) is 3.00. The van der Waals surface area contributed by atoms with E-state index in [-0.39, 0.29) is 12.5 Å². The van der Waals surface area contributed by atoms with Gasteiger partial charge >= 0.3 is 5.97 Å². The lowest BCUT2D eigenvalue weighted by atomic mass is 10.1. The Morgan fingerprint density at radius 2 is 2.47 bits per heavy atom. The van der Waals surface area contributed by atoms with Crippen molar-refractivity contribution in [3.8, 4) is 0 Å². The third-order valence-corrected chi connectivity index (χ3v) is 1.99. The van der Waals surface area contributed by atoms with Crippen LogP contribution in [0.2, 0.25) is 0 Å². The van der Waals surface area contributed by atoms with Crippen molar-refractivity contribution >= 4 is 17.8 Å². The van der Waals surface area contributed by atoms with Gasteiger partial charge in [-0.2, -0.15) is 5.10 Å². The molecule has 1 aliphatic rings. The van der Waals surface area contributed by atoms with Crippen molar-refractivity contribution in [2.24, 2.45) is 10.9 Å². The van der Waals surface area contributed by atoms with Gasteiger partial charge in [0.1, 0.15) is 0 Å². The number of carboxylic acids is 1. The van der Waals surface area contributed by atoms with Crippen molar-refractivity contribution in [1.29, 1.82) is 0 Å². The summed E-state index contributed by atoms with van der Waals surface area (Å²) in [6.07, 6.45) is 3.15. The Kier molecular flexibility index (Phi) is 2.20. The van der Waals surface area contributed by atoms with Gasteiger partial charge < -0.3 is 5.11 Å². The molecule has 2 heterocycles.